The van der Waals surface area contributed by atoms with E-state index in [1.165, 1.54) is 18.3 Å². The molecule has 1 aromatic heterocycles. The highest BCUT2D eigenvalue weighted by atomic mass is 35.5. The van der Waals surface area contributed by atoms with Crippen molar-refractivity contribution in [3.63, 3.8) is 0 Å². The van der Waals surface area contributed by atoms with E-state index in [2.05, 4.69) is 5.32 Å². The first-order chi connectivity index (χ1) is 14.9. The van der Waals surface area contributed by atoms with Crippen molar-refractivity contribution in [1.82, 2.24) is 0 Å². The van der Waals surface area contributed by atoms with Crippen molar-refractivity contribution in [1.29, 1.82) is 0 Å². The van der Waals surface area contributed by atoms with Crippen LogP contribution in [0.1, 0.15) is 47.5 Å². The van der Waals surface area contributed by atoms with E-state index in [9.17, 15) is 14.4 Å². The average Bonchev–Trinajstić information content (AvgIpc) is 3.11. The Hall–Kier alpha value is -2.58. The Morgan fingerprint density at radius 2 is 1.87 bits per heavy atom. The first-order valence-corrected chi connectivity index (χ1v) is 11.3. The zero-order valence-corrected chi connectivity index (χ0v) is 18.9. The van der Waals surface area contributed by atoms with Gasteiger partial charge in [0.05, 0.1) is 12.2 Å². The molecule has 7 nitrogen and oxygen atoms in total. The quantitative estimate of drug-likeness (QED) is 0.581. The van der Waals surface area contributed by atoms with E-state index in [-0.39, 0.29) is 13.2 Å². The number of carbonyl (C=O) groups excluding carboxylic acids is 3. The summed E-state index contributed by atoms with van der Waals surface area (Å²) in [5.74, 6) is -1.20. The van der Waals surface area contributed by atoms with E-state index in [4.69, 9.17) is 25.8 Å². The third kappa shape index (κ3) is 5.98. The van der Waals surface area contributed by atoms with Gasteiger partial charge in [0.25, 0.3) is 5.91 Å². The SMILES string of the molecule is CCOC(=O)c1c(NC(=O)C(C)OC(=O)COc2ccc(Cl)cc2)sc2c1CCCC2. The van der Waals surface area contributed by atoms with Crippen LogP contribution in [0.25, 0.3) is 0 Å². The topological polar surface area (TPSA) is 90.9 Å². The predicted octanol–water partition coefficient (Wildman–Crippen LogP) is 4.41. The third-order valence-corrected chi connectivity index (χ3v) is 6.19. The fourth-order valence-corrected chi connectivity index (χ4v) is 4.65. The van der Waals surface area contributed by atoms with Crippen LogP contribution in [0.5, 0.6) is 5.75 Å². The largest absolute Gasteiger partial charge is 0.482 e. The number of ether oxygens (including phenoxy) is 3. The van der Waals surface area contributed by atoms with E-state index in [0.717, 1.165) is 36.1 Å². The van der Waals surface area contributed by atoms with Crippen LogP contribution < -0.4 is 10.1 Å². The highest BCUT2D eigenvalue weighted by molar-refractivity contribution is 7.17. The molecule has 2 aromatic rings. The summed E-state index contributed by atoms with van der Waals surface area (Å²) in [6.07, 6.45) is 2.63. The Balaban J connectivity index is 1.61. The van der Waals surface area contributed by atoms with Crippen molar-refractivity contribution < 1.29 is 28.6 Å². The summed E-state index contributed by atoms with van der Waals surface area (Å²) < 4.78 is 15.7. The molecule has 1 heterocycles. The minimum absolute atomic E-state index is 0.248. The standard InChI is InChI=1S/C22H24ClNO6S/c1-3-28-22(27)19-16-6-4-5-7-17(16)31-21(19)24-20(26)13(2)30-18(25)12-29-15-10-8-14(23)9-11-15/h8-11,13H,3-7,12H2,1-2H3,(H,24,26). The molecule has 0 bridgehead atoms. The number of rotatable bonds is 8. The van der Waals surface area contributed by atoms with Gasteiger partial charge in [-0.2, -0.15) is 0 Å². The third-order valence-electron chi connectivity index (χ3n) is 4.74. The van der Waals surface area contributed by atoms with Crippen LogP contribution in [0, 0.1) is 0 Å². The highest BCUT2D eigenvalue weighted by Gasteiger charge is 2.28. The number of esters is 2. The van der Waals surface area contributed by atoms with Gasteiger partial charge in [-0.3, -0.25) is 4.79 Å². The Kier molecular flexibility index (Phi) is 7.92. The Morgan fingerprint density at radius 1 is 1.16 bits per heavy atom. The molecule has 1 amide bonds. The van der Waals surface area contributed by atoms with Crippen molar-refractivity contribution in [3.8, 4) is 5.75 Å². The van der Waals surface area contributed by atoms with E-state index in [1.807, 2.05) is 0 Å². The van der Waals surface area contributed by atoms with Crippen LogP contribution in [0.2, 0.25) is 5.02 Å². The van der Waals surface area contributed by atoms with Gasteiger partial charge in [0, 0.05) is 9.90 Å². The number of benzene rings is 1. The van der Waals surface area contributed by atoms with Crippen LogP contribution >= 0.6 is 22.9 Å². The van der Waals surface area contributed by atoms with Crippen molar-refractivity contribution >= 4 is 45.8 Å². The second-order valence-electron chi connectivity index (χ2n) is 7.00. The predicted molar refractivity (Wildman–Crippen MR) is 118 cm³/mol. The van der Waals surface area contributed by atoms with Gasteiger partial charge in [0.2, 0.25) is 0 Å². The van der Waals surface area contributed by atoms with Crippen LogP contribution in [-0.2, 0) is 31.9 Å². The van der Waals surface area contributed by atoms with Gasteiger partial charge < -0.3 is 19.5 Å². The summed E-state index contributed by atoms with van der Waals surface area (Å²) in [6.45, 7) is 3.11. The van der Waals surface area contributed by atoms with E-state index in [1.54, 1.807) is 31.2 Å². The number of hydrogen-bond acceptors (Lipinski definition) is 7. The number of aryl methyl sites for hydroxylation is 1. The number of amides is 1. The number of nitrogens with one attached hydrogen (secondary N) is 1. The number of halogens is 1. The van der Waals surface area contributed by atoms with Gasteiger partial charge in [-0.1, -0.05) is 11.6 Å². The number of thiophene rings is 1. The van der Waals surface area contributed by atoms with E-state index >= 15 is 0 Å². The Morgan fingerprint density at radius 3 is 2.58 bits per heavy atom. The number of anilines is 1. The lowest BCUT2D eigenvalue weighted by atomic mass is 9.95. The van der Waals surface area contributed by atoms with Crippen LogP contribution in [0.3, 0.4) is 0 Å². The number of fused-ring (bicyclic) bond motifs is 1. The summed E-state index contributed by atoms with van der Waals surface area (Å²) in [7, 11) is 0. The van der Waals surface area contributed by atoms with Gasteiger partial charge >= 0.3 is 11.9 Å². The molecule has 1 atom stereocenters. The fraction of sp³-hybridized carbons (Fsp3) is 0.409. The average molecular weight is 466 g/mol. The van der Waals surface area contributed by atoms with Crippen molar-refractivity contribution in [2.45, 2.75) is 45.6 Å². The maximum Gasteiger partial charge on any atom is 0.344 e. The monoisotopic (exact) mass is 465 g/mol. The molecule has 1 aromatic carbocycles. The second-order valence-corrected chi connectivity index (χ2v) is 8.54. The molecule has 0 saturated carbocycles. The number of carbonyl (C=O) groups is 3. The molecular formula is C22H24ClNO6S. The van der Waals surface area contributed by atoms with Gasteiger partial charge in [-0.05, 0) is 69.4 Å². The lowest BCUT2D eigenvalue weighted by Crippen LogP contribution is -2.32. The van der Waals surface area contributed by atoms with Gasteiger partial charge in [-0.25, -0.2) is 9.59 Å². The maximum atomic E-state index is 12.6. The fourth-order valence-electron chi connectivity index (χ4n) is 3.24. The summed E-state index contributed by atoms with van der Waals surface area (Å²) in [6, 6.07) is 6.53. The van der Waals surface area contributed by atoms with Crippen molar-refractivity contribution in [3.05, 3.63) is 45.3 Å². The van der Waals surface area contributed by atoms with Gasteiger partial charge in [-0.15, -0.1) is 11.3 Å². The molecule has 0 spiro atoms. The second kappa shape index (κ2) is 10.6. The smallest absolute Gasteiger partial charge is 0.344 e. The van der Waals surface area contributed by atoms with E-state index in [0.29, 0.717) is 21.3 Å². The molecule has 1 aliphatic rings. The lowest BCUT2D eigenvalue weighted by molar-refractivity contribution is -0.155. The van der Waals surface area contributed by atoms with Crippen LogP contribution in [-0.4, -0.2) is 37.2 Å². The van der Waals surface area contributed by atoms with E-state index < -0.39 is 23.9 Å². The summed E-state index contributed by atoms with van der Waals surface area (Å²) in [5.41, 5.74) is 1.37. The molecule has 0 radical (unpaired) electrons. The molecule has 31 heavy (non-hydrogen) atoms. The Labute approximate surface area is 189 Å². The minimum atomic E-state index is -1.06. The summed E-state index contributed by atoms with van der Waals surface area (Å²) >= 11 is 7.19. The molecule has 0 fully saturated rings. The molecule has 0 aliphatic heterocycles. The first-order valence-electron chi connectivity index (χ1n) is 10.1. The van der Waals surface area contributed by atoms with Crippen molar-refractivity contribution in [2.24, 2.45) is 0 Å². The maximum absolute atomic E-state index is 12.6. The molecule has 1 unspecified atom stereocenters. The molecular weight excluding hydrogens is 442 g/mol. The highest BCUT2D eigenvalue weighted by Crippen LogP contribution is 2.38. The summed E-state index contributed by atoms with van der Waals surface area (Å²) in [5, 5.41) is 3.73. The molecule has 1 aliphatic carbocycles. The zero-order chi connectivity index (χ0) is 22.4. The molecule has 166 valence electrons. The molecule has 1 N–H and O–H groups in total. The molecule has 0 saturated heterocycles. The first kappa shape index (κ1) is 23.1. The Bertz CT molecular complexity index is 956. The van der Waals surface area contributed by atoms with Crippen LogP contribution in [0.15, 0.2) is 24.3 Å². The molecule has 3 rings (SSSR count). The zero-order valence-electron chi connectivity index (χ0n) is 17.4. The van der Waals surface area contributed by atoms with Gasteiger partial charge in [0.1, 0.15) is 10.8 Å². The summed E-state index contributed by atoms with van der Waals surface area (Å²) in [4.78, 5) is 38.2. The minimum Gasteiger partial charge on any atom is -0.482 e. The lowest BCUT2D eigenvalue weighted by Gasteiger charge is -2.14. The van der Waals surface area contributed by atoms with Crippen molar-refractivity contribution in [2.75, 3.05) is 18.5 Å². The van der Waals surface area contributed by atoms with Gasteiger partial charge in [0.15, 0.2) is 12.7 Å². The van der Waals surface area contributed by atoms with Crippen LogP contribution in [0.4, 0.5) is 5.00 Å². The normalized spacial score (nSPS) is 13.6. The number of hydrogen-bond donors (Lipinski definition) is 1. The molecule has 9 heteroatoms.